The Morgan fingerprint density at radius 1 is 1.17 bits per heavy atom. The van der Waals surface area contributed by atoms with Crippen molar-refractivity contribution in [3.05, 3.63) is 46.5 Å². The van der Waals surface area contributed by atoms with Crippen LogP contribution in [-0.4, -0.2) is 78.0 Å². The number of ether oxygens (including phenoxy) is 1. The zero-order valence-corrected chi connectivity index (χ0v) is 24.7. The molecule has 0 bridgehead atoms. The first-order valence-corrected chi connectivity index (χ1v) is 16.0. The van der Waals surface area contributed by atoms with E-state index in [1.54, 1.807) is 11.0 Å². The van der Waals surface area contributed by atoms with E-state index in [1.165, 1.54) is 11.8 Å². The van der Waals surface area contributed by atoms with Crippen LogP contribution in [0.3, 0.4) is 0 Å². The van der Waals surface area contributed by atoms with Crippen LogP contribution in [0.25, 0.3) is 10.6 Å². The van der Waals surface area contributed by atoms with Gasteiger partial charge in [-0.25, -0.2) is 9.97 Å². The minimum Gasteiger partial charge on any atom is -0.377 e. The molecule has 5 heterocycles. The number of carbonyl (C=O) groups is 1. The zero-order valence-electron chi connectivity index (χ0n) is 23.0. The van der Waals surface area contributed by atoms with Gasteiger partial charge in [0.1, 0.15) is 10.4 Å². The van der Waals surface area contributed by atoms with Crippen LogP contribution in [0, 0.1) is 0 Å². The van der Waals surface area contributed by atoms with Crippen molar-refractivity contribution in [3.8, 4) is 10.6 Å². The number of alkyl halides is 3. The summed E-state index contributed by atoms with van der Waals surface area (Å²) >= 11 is 2.55. The van der Waals surface area contributed by atoms with Crippen LogP contribution >= 0.6 is 23.1 Å². The lowest BCUT2D eigenvalue weighted by Gasteiger charge is -2.36. The van der Waals surface area contributed by atoms with Gasteiger partial charge in [-0.3, -0.25) is 4.79 Å². The zero-order chi connectivity index (χ0) is 29.0. The van der Waals surface area contributed by atoms with E-state index < -0.39 is 11.7 Å². The predicted octanol–water partition coefficient (Wildman–Crippen LogP) is 5.59. The van der Waals surface area contributed by atoms with Gasteiger partial charge in [0.25, 0.3) is 5.91 Å². The van der Waals surface area contributed by atoms with Crippen molar-refractivity contribution in [1.82, 2.24) is 20.2 Å². The van der Waals surface area contributed by atoms with E-state index in [2.05, 4.69) is 44.6 Å². The smallest absolute Gasteiger partial charge is 0.377 e. The maximum atomic E-state index is 14.2. The standard InChI is InChI=1S/C29H31F3N6O2S2/c1-16-13-37(7-6-33-16)18-4-5-22(20(10-18)17-2-3-17)35-28-34-12-21(29(30,31)32)25(36-28)23-11-24-26(42-23)27(39)38(8-9-41-24)19-14-40-15-19/h4-5,10-12,16-17,19,33H,2-3,6-9,13-15H2,1H3,(H,34,35,36). The molecule has 3 aliphatic heterocycles. The number of anilines is 3. The monoisotopic (exact) mass is 616 g/mol. The van der Waals surface area contributed by atoms with E-state index in [0.717, 1.165) is 66.9 Å². The molecule has 0 radical (unpaired) electrons. The van der Waals surface area contributed by atoms with Gasteiger partial charge in [0.05, 0.1) is 29.8 Å². The van der Waals surface area contributed by atoms with Gasteiger partial charge in [0.2, 0.25) is 5.95 Å². The summed E-state index contributed by atoms with van der Waals surface area (Å²) in [5.74, 6) is 1.01. The molecular formula is C29H31F3N6O2S2. The molecule has 2 N–H and O–H groups in total. The molecule has 3 aromatic rings. The van der Waals surface area contributed by atoms with Gasteiger partial charge in [0, 0.05) is 60.4 Å². The molecule has 1 amide bonds. The number of nitrogens with zero attached hydrogens (tertiary/aromatic N) is 4. The highest BCUT2D eigenvalue weighted by Crippen LogP contribution is 2.46. The minimum atomic E-state index is -4.65. The number of amides is 1. The second kappa shape index (κ2) is 11.0. The van der Waals surface area contributed by atoms with Crippen molar-refractivity contribution < 1.29 is 22.7 Å². The first-order valence-electron chi connectivity index (χ1n) is 14.2. The Hall–Kier alpha value is -2.87. The van der Waals surface area contributed by atoms with Crippen LogP contribution in [0.4, 0.5) is 30.5 Å². The number of hydrogen-bond donors (Lipinski definition) is 2. The average Bonchev–Trinajstić information content (AvgIpc) is 3.71. The number of nitrogens with one attached hydrogen (secondary N) is 2. The van der Waals surface area contributed by atoms with Crippen molar-refractivity contribution >= 4 is 46.3 Å². The van der Waals surface area contributed by atoms with Gasteiger partial charge in [-0.1, -0.05) is 0 Å². The fourth-order valence-electron chi connectivity index (χ4n) is 5.70. The summed E-state index contributed by atoms with van der Waals surface area (Å²) in [7, 11) is 0. The topological polar surface area (TPSA) is 82.6 Å². The summed E-state index contributed by atoms with van der Waals surface area (Å²) in [5, 5.41) is 6.70. The quantitative estimate of drug-likeness (QED) is 0.371. The number of piperazine rings is 1. The first kappa shape index (κ1) is 27.9. The Kier molecular flexibility index (Phi) is 7.32. The SMILES string of the molecule is CC1CN(c2ccc(Nc3ncc(C(F)(F)F)c(-c4cc5c(s4)C(=O)N(C4COC4)CCS5)n3)c(C3CC3)c2)CCN1. The van der Waals surface area contributed by atoms with Gasteiger partial charge < -0.3 is 25.2 Å². The fraction of sp³-hybridized carbons (Fsp3) is 0.483. The Labute approximate surface area is 250 Å². The molecule has 8 nitrogen and oxygen atoms in total. The van der Waals surface area contributed by atoms with Crippen LogP contribution in [0.5, 0.6) is 0 Å². The molecular weight excluding hydrogens is 585 g/mol. The third kappa shape index (κ3) is 5.47. The van der Waals surface area contributed by atoms with E-state index in [4.69, 9.17) is 4.74 Å². The summed E-state index contributed by atoms with van der Waals surface area (Å²) in [6.07, 6.45) is -1.66. The number of hydrogen-bond acceptors (Lipinski definition) is 9. The highest BCUT2D eigenvalue weighted by molar-refractivity contribution is 7.99. The van der Waals surface area contributed by atoms with Crippen molar-refractivity contribution in [2.75, 3.05) is 55.4 Å². The number of benzene rings is 1. The van der Waals surface area contributed by atoms with Crippen molar-refractivity contribution in [2.24, 2.45) is 0 Å². The molecule has 13 heteroatoms. The maximum Gasteiger partial charge on any atom is 0.420 e. The number of thioether (sulfide) groups is 1. The van der Waals surface area contributed by atoms with Crippen molar-refractivity contribution in [2.45, 2.75) is 48.8 Å². The lowest BCUT2D eigenvalue weighted by Crippen LogP contribution is -2.52. The Balaban J connectivity index is 1.21. The van der Waals surface area contributed by atoms with Crippen LogP contribution < -0.4 is 15.5 Å². The van der Waals surface area contributed by atoms with E-state index in [1.807, 2.05) is 6.07 Å². The number of aromatic nitrogens is 2. The molecule has 222 valence electrons. The van der Waals surface area contributed by atoms with Crippen molar-refractivity contribution in [1.29, 1.82) is 0 Å². The molecule has 1 saturated carbocycles. The van der Waals surface area contributed by atoms with E-state index in [-0.39, 0.29) is 23.6 Å². The Morgan fingerprint density at radius 2 is 2.00 bits per heavy atom. The second-order valence-corrected chi connectivity index (χ2v) is 13.5. The third-order valence-corrected chi connectivity index (χ3v) is 10.4. The molecule has 2 aromatic heterocycles. The normalized spacial score (nSPS) is 21.6. The van der Waals surface area contributed by atoms with Gasteiger partial charge in [-0.05, 0) is 55.5 Å². The summed E-state index contributed by atoms with van der Waals surface area (Å²) < 4.78 is 47.8. The van der Waals surface area contributed by atoms with Gasteiger partial charge in [-0.15, -0.1) is 23.1 Å². The molecule has 3 fully saturated rings. The van der Waals surface area contributed by atoms with Crippen LogP contribution in [0.2, 0.25) is 0 Å². The van der Waals surface area contributed by atoms with E-state index in [9.17, 15) is 18.0 Å². The summed E-state index contributed by atoms with van der Waals surface area (Å²) in [6, 6.07) is 8.31. The molecule has 7 rings (SSSR count). The largest absolute Gasteiger partial charge is 0.420 e. The number of carbonyl (C=O) groups excluding carboxylic acids is 1. The predicted molar refractivity (Wildman–Crippen MR) is 158 cm³/mol. The molecule has 0 spiro atoms. The lowest BCUT2D eigenvalue weighted by atomic mass is 10.1. The average molecular weight is 617 g/mol. The molecule has 42 heavy (non-hydrogen) atoms. The first-order chi connectivity index (χ1) is 20.2. The van der Waals surface area contributed by atoms with Crippen LogP contribution in [-0.2, 0) is 10.9 Å². The number of fused-ring (bicyclic) bond motifs is 1. The second-order valence-electron chi connectivity index (χ2n) is 11.3. The fourth-order valence-corrected chi connectivity index (χ4v) is 8.02. The lowest BCUT2D eigenvalue weighted by molar-refractivity contribution is -0.137. The molecule has 1 aliphatic carbocycles. The summed E-state index contributed by atoms with van der Waals surface area (Å²) in [6.45, 7) is 6.49. The Bertz CT molecular complexity index is 1510. The van der Waals surface area contributed by atoms with Crippen LogP contribution in [0.1, 0.15) is 46.5 Å². The molecule has 1 aromatic carbocycles. The summed E-state index contributed by atoms with van der Waals surface area (Å²) in [5.41, 5.74) is 1.95. The molecule has 1 unspecified atom stereocenters. The highest BCUT2D eigenvalue weighted by Gasteiger charge is 2.38. The highest BCUT2D eigenvalue weighted by atomic mass is 32.2. The van der Waals surface area contributed by atoms with E-state index >= 15 is 0 Å². The van der Waals surface area contributed by atoms with Gasteiger partial charge in [-0.2, -0.15) is 13.2 Å². The molecule has 2 saturated heterocycles. The number of rotatable bonds is 6. The molecule has 1 atom stereocenters. The summed E-state index contributed by atoms with van der Waals surface area (Å²) in [4.78, 5) is 27.5. The van der Waals surface area contributed by atoms with Crippen molar-refractivity contribution in [3.63, 3.8) is 0 Å². The molecule has 4 aliphatic rings. The Morgan fingerprint density at radius 3 is 2.71 bits per heavy atom. The van der Waals surface area contributed by atoms with Gasteiger partial charge in [0.15, 0.2) is 0 Å². The minimum absolute atomic E-state index is 0.0113. The number of thiophene rings is 1. The van der Waals surface area contributed by atoms with Gasteiger partial charge >= 0.3 is 6.18 Å². The van der Waals surface area contributed by atoms with E-state index in [0.29, 0.717) is 52.1 Å². The van der Waals surface area contributed by atoms with Crippen LogP contribution in [0.15, 0.2) is 35.4 Å². The maximum absolute atomic E-state index is 14.2. The number of halogens is 3. The third-order valence-electron chi connectivity index (χ3n) is 8.16.